The number of hydrogen-bond donors (Lipinski definition) is 1. The van der Waals surface area contributed by atoms with Gasteiger partial charge in [-0.3, -0.25) is 9.78 Å². The zero-order valence-corrected chi connectivity index (χ0v) is 9.23. The summed E-state index contributed by atoms with van der Waals surface area (Å²) >= 11 is 0. The molecule has 2 fully saturated rings. The number of aromatic nitrogens is 1. The van der Waals surface area contributed by atoms with Gasteiger partial charge in [-0.2, -0.15) is 0 Å². The summed E-state index contributed by atoms with van der Waals surface area (Å²) in [6.07, 6.45) is 7.88. The van der Waals surface area contributed by atoms with Crippen LogP contribution in [0.5, 0.6) is 0 Å². The summed E-state index contributed by atoms with van der Waals surface area (Å²) in [5.74, 6) is 0.495. The minimum atomic E-state index is 0.211. The van der Waals surface area contributed by atoms with E-state index < -0.39 is 0 Å². The highest BCUT2D eigenvalue weighted by molar-refractivity contribution is 5.97. The van der Waals surface area contributed by atoms with Crippen LogP contribution in [0.2, 0.25) is 0 Å². The second kappa shape index (κ2) is 3.98. The van der Waals surface area contributed by atoms with Gasteiger partial charge in [0.25, 0.3) is 0 Å². The van der Waals surface area contributed by atoms with Gasteiger partial charge in [-0.05, 0) is 37.8 Å². The fourth-order valence-corrected chi connectivity index (χ4v) is 3.02. The third-order valence-corrected chi connectivity index (χ3v) is 3.79. The van der Waals surface area contributed by atoms with Crippen molar-refractivity contribution in [3.8, 4) is 0 Å². The van der Waals surface area contributed by atoms with Gasteiger partial charge in [0, 0.05) is 36.0 Å². The van der Waals surface area contributed by atoms with Crippen molar-refractivity contribution in [2.45, 2.75) is 37.8 Å². The average Bonchev–Trinajstić information content (AvgIpc) is 2.68. The SMILES string of the molecule is O=C(c1cccnc1)C1CC2CCC(C1)N2. The molecule has 3 heteroatoms. The van der Waals surface area contributed by atoms with Crippen LogP contribution >= 0.6 is 0 Å². The smallest absolute Gasteiger partial charge is 0.167 e. The molecule has 0 saturated carbocycles. The Balaban J connectivity index is 1.76. The van der Waals surface area contributed by atoms with Crippen molar-refractivity contribution in [2.24, 2.45) is 5.92 Å². The third kappa shape index (κ3) is 1.76. The normalized spacial score (nSPS) is 32.6. The van der Waals surface area contributed by atoms with Crippen LogP contribution in [-0.4, -0.2) is 22.9 Å². The predicted molar refractivity (Wildman–Crippen MR) is 61.2 cm³/mol. The number of fused-ring (bicyclic) bond motifs is 2. The molecule has 2 aliphatic heterocycles. The van der Waals surface area contributed by atoms with Gasteiger partial charge in [-0.25, -0.2) is 0 Å². The molecule has 2 aliphatic rings. The van der Waals surface area contributed by atoms with Crippen molar-refractivity contribution in [1.29, 1.82) is 0 Å². The van der Waals surface area contributed by atoms with Crippen LogP contribution in [-0.2, 0) is 0 Å². The van der Waals surface area contributed by atoms with Crippen molar-refractivity contribution >= 4 is 5.78 Å². The number of carbonyl (C=O) groups excluding carboxylic acids is 1. The number of nitrogens with one attached hydrogen (secondary N) is 1. The Bertz CT molecular complexity index is 378. The topological polar surface area (TPSA) is 42.0 Å². The first-order chi connectivity index (χ1) is 7.83. The monoisotopic (exact) mass is 216 g/mol. The molecule has 2 bridgehead atoms. The Morgan fingerprint density at radius 1 is 1.31 bits per heavy atom. The fourth-order valence-electron chi connectivity index (χ4n) is 3.02. The van der Waals surface area contributed by atoms with Crippen molar-refractivity contribution in [2.75, 3.05) is 0 Å². The summed E-state index contributed by atoms with van der Waals surface area (Å²) in [5, 5.41) is 3.56. The molecule has 1 aromatic rings. The largest absolute Gasteiger partial charge is 0.311 e. The standard InChI is InChI=1S/C13H16N2O/c16-13(9-2-1-5-14-8-9)10-6-11-3-4-12(7-10)15-11/h1-2,5,8,10-12,15H,3-4,6-7H2. The van der Waals surface area contributed by atoms with Gasteiger partial charge < -0.3 is 5.32 Å². The summed E-state index contributed by atoms with van der Waals surface area (Å²) in [5.41, 5.74) is 0.772. The van der Waals surface area contributed by atoms with Crippen LogP contribution in [0.1, 0.15) is 36.0 Å². The quantitative estimate of drug-likeness (QED) is 0.766. The Kier molecular flexibility index (Phi) is 2.48. The first-order valence-corrected chi connectivity index (χ1v) is 6.03. The van der Waals surface area contributed by atoms with E-state index in [4.69, 9.17) is 0 Å². The van der Waals surface area contributed by atoms with Gasteiger partial charge in [0.1, 0.15) is 0 Å². The first kappa shape index (κ1) is 9.97. The van der Waals surface area contributed by atoms with E-state index in [9.17, 15) is 4.79 Å². The van der Waals surface area contributed by atoms with Gasteiger partial charge in [0.2, 0.25) is 0 Å². The maximum absolute atomic E-state index is 12.3. The number of pyridine rings is 1. The molecule has 0 aromatic carbocycles. The van der Waals surface area contributed by atoms with Gasteiger partial charge >= 0.3 is 0 Å². The van der Waals surface area contributed by atoms with E-state index in [-0.39, 0.29) is 11.7 Å². The maximum atomic E-state index is 12.3. The second-order valence-electron chi connectivity index (χ2n) is 4.91. The zero-order valence-electron chi connectivity index (χ0n) is 9.23. The van der Waals surface area contributed by atoms with E-state index >= 15 is 0 Å². The van der Waals surface area contributed by atoms with Gasteiger partial charge in [-0.15, -0.1) is 0 Å². The molecule has 0 radical (unpaired) electrons. The maximum Gasteiger partial charge on any atom is 0.167 e. The number of hydrogen-bond acceptors (Lipinski definition) is 3. The second-order valence-corrected chi connectivity index (χ2v) is 4.91. The number of nitrogens with zero attached hydrogens (tertiary/aromatic N) is 1. The molecule has 16 heavy (non-hydrogen) atoms. The molecular formula is C13H16N2O. The van der Waals surface area contributed by atoms with Crippen LogP contribution in [0.3, 0.4) is 0 Å². The van der Waals surface area contributed by atoms with Gasteiger partial charge in [-0.1, -0.05) is 0 Å². The molecule has 84 valence electrons. The molecular weight excluding hydrogens is 200 g/mol. The van der Waals surface area contributed by atoms with Crippen molar-refractivity contribution in [3.05, 3.63) is 30.1 Å². The van der Waals surface area contributed by atoms with Crippen molar-refractivity contribution in [1.82, 2.24) is 10.3 Å². The highest BCUT2D eigenvalue weighted by Gasteiger charge is 2.36. The van der Waals surface area contributed by atoms with Crippen LogP contribution < -0.4 is 5.32 Å². The molecule has 3 rings (SSSR count). The Hall–Kier alpha value is -1.22. The lowest BCUT2D eigenvalue weighted by Gasteiger charge is -2.27. The number of ketones is 1. The lowest BCUT2D eigenvalue weighted by Crippen LogP contribution is -2.40. The first-order valence-electron chi connectivity index (χ1n) is 6.03. The molecule has 3 heterocycles. The highest BCUT2D eigenvalue weighted by Crippen LogP contribution is 2.32. The molecule has 3 nitrogen and oxygen atoms in total. The fraction of sp³-hybridized carbons (Fsp3) is 0.538. The van der Waals surface area contributed by atoms with E-state index in [2.05, 4.69) is 10.3 Å². The summed E-state index contributed by atoms with van der Waals surface area (Å²) in [6.45, 7) is 0. The Morgan fingerprint density at radius 2 is 2.06 bits per heavy atom. The lowest BCUT2D eigenvalue weighted by molar-refractivity contribution is 0.0875. The minimum absolute atomic E-state index is 0.211. The van der Waals surface area contributed by atoms with E-state index in [1.165, 1.54) is 12.8 Å². The summed E-state index contributed by atoms with van der Waals surface area (Å²) in [7, 11) is 0. The average molecular weight is 216 g/mol. The third-order valence-electron chi connectivity index (χ3n) is 3.79. The molecule has 2 unspecified atom stereocenters. The van der Waals surface area contributed by atoms with Crippen LogP contribution in [0.25, 0.3) is 0 Å². The van der Waals surface area contributed by atoms with Gasteiger partial charge in [0.15, 0.2) is 5.78 Å². The molecule has 0 aliphatic carbocycles. The lowest BCUT2D eigenvalue weighted by atomic mass is 9.86. The molecule has 2 saturated heterocycles. The predicted octanol–water partition coefficient (Wildman–Crippen LogP) is 1.79. The number of rotatable bonds is 2. The van der Waals surface area contributed by atoms with E-state index in [0.29, 0.717) is 12.1 Å². The number of carbonyl (C=O) groups is 1. The number of piperidine rings is 1. The van der Waals surface area contributed by atoms with E-state index in [1.54, 1.807) is 12.4 Å². The Labute approximate surface area is 95.3 Å². The van der Waals surface area contributed by atoms with E-state index in [1.807, 2.05) is 12.1 Å². The minimum Gasteiger partial charge on any atom is -0.311 e. The highest BCUT2D eigenvalue weighted by atomic mass is 16.1. The van der Waals surface area contributed by atoms with Gasteiger partial charge in [0.05, 0.1) is 0 Å². The van der Waals surface area contributed by atoms with Crippen molar-refractivity contribution in [3.63, 3.8) is 0 Å². The molecule has 1 N–H and O–H groups in total. The molecule has 2 atom stereocenters. The van der Waals surface area contributed by atoms with Crippen LogP contribution in [0.4, 0.5) is 0 Å². The van der Waals surface area contributed by atoms with E-state index in [0.717, 1.165) is 18.4 Å². The van der Waals surface area contributed by atoms with Crippen LogP contribution in [0.15, 0.2) is 24.5 Å². The summed E-state index contributed by atoms with van der Waals surface area (Å²) in [4.78, 5) is 16.3. The van der Waals surface area contributed by atoms with Crippen molar-refractivity contribution < 1.29 is 4.79 Å². The molecule has 1 aromatic heterocycles. The molecule has 0 spiro atoms. The summed E-state index contributed by atoms with van der Waals surface area (Å²) < 4.78 is 0. The zero-order chi connectivity index (χ0) is 11.0. The summed E-state index contributed by atoms with van der Waals surface area (Å²) in [6, 6.07) is 4.86. The number of Topliss-reactive ketones (excluding diaryl/α,β-unsaturated/α-hetero) is 1. The Morgan fingerprint density at radius 3 is 2.69 bits per heavy atom. The van der Waals surface area contributed by atoms with Crippen LogP contribution in [0, 0.1) is 5.92 Å². The molecule has 0 amide bonds.